The highest BCUT2D eigenvalue weighted by Crippen LogP contribution is 2.20. The van der Waals surface area contributed by atoms with Crippen LogP contribution in [0.3, 0.4) is 0 Å². The standard InChI is InChI=1S/C16H12ClFN4O2/c17-10-3-1-2-9(6-10)16-21-14(24-22-16)8-20-11-4-5-13(18)12(7-11)15(19)23/h1-7,20H,8H2,(H2,19,23). The Morgan fingerprint density at radius 1 is 1.29 bits per heavy atom. The van der Waals surface area contributed by atoms with Gasteiger partial charge in [-0.2, -0.15) is 4.98 Å². The van der Waals surface area contributed by atoms with Gasteiger partial charge in [0, 0.05) is 16.3 Å². The Morgan fingerprint density at radius 2 is 2.12 bits per heavy atom. The van der Waals surface area contributed by atoms with E-state index in [1.807, 2.05) is 6.07 Å². The van der Waals surface area contributed by atoms with Gasteiger partial charge >= 0.3 is 0 Å². The predicted molar refractivity (Wildman–Crippen MR) is 87.0 cm³/mol. The average molecular weight is 347 g/mol. The van der Waals surface area contributed by atoms with Gasteiger partial charge in [-0.05, 0) is 30.3 Å². The highest BCUT2D eigenvalue weighted by molar-refractivity contribution is 6.30. The Balaban J connectivity index is 1.72. The molecule has 0 fully saturated rings. The number of benzene rings is 2. The smallest absolute Gasteiger partial charge is 0.251 e. The number of anilines is 1. The van der Waals surface area contributed by atoms with Crippen molar-refractivity contribution in [3.63, 3.8) is 0 Å². The monoisotopic (exact) mass is 346 g/mol. The summed E-state index contributed by atoms with van der Waals surface area (Å²) in [4.78, 5) is 15.4. The van der Waals surface area contributed by atoms with Crippen LogP contribution in [0.4, 0.5) is 10.1 Å². The molecule has 3 N–H and O–H groups in total. The maximum Gasteiger partial charge on any atom is 0.251 e. The summed E-state index contributed by atoms with van der Waals surface area (Å²) in [6.07, 6.45) is 0. The molecule has 1 aromatic heterocycles. The topological polar surface area (TPSA) is 94.0 Å². The number of amides is 1. The van der Waals surface area contributed by atoms with E-state index >= 15 is 0 Å². The number of hydrogen-bond donors (Lipinski definition) is 2. The molecule has 0 aliphatic heterocycles. The van der Waals surface area contributed by atoms with Gasteiger partial charge < -0.3 is 15.6 Å². The molecule has 0 aliphatic carbocycles. The molecule has 6 nitrogen and oxygen atoms in total. The van der Waals surface area contributed by atoms with E-state index in [4.69, 9.17) is 21.9 Å². The van der Waals surface area contributed by atoms with E-state index in [-0.39, 0.29) is 12.1 Å². The third kappa shape index (κ3) is 3.52. The lowest BCUT2D eigenvalue weighted by atomic mass is 10.2. The third-order valence-electron chi connectivity index (χ3n) is 3.23. The summed E-state index contributed by atoms with van der Waals surface area (Å²) in [5.41, 5.74) is 6.16. The number of halogens is 2. The van der Waals surface area contributed by atoms with Crippen molar-refractivity contribution in [2.24, 2.45) is 5.73 Å². The molecule has 0 atom stereocenters. The molecule has 0 spiro atoms. The quantitative estimate of drug-likeness (QED) is 0.739. The van der Waals surface area contributed by atoms with Crippen LogP contribution in [-0.4, -0.2) is 16.0 Å². The van der Waals surface area contributed by atoms with Crippen LogP contribution in [0.25, 0.3) is 11.4 Å². The van der Waals surface area contributed by atoms with Crippen molar-refractivity contribution in [1.29, 1.82) is 0 Å². The lowest BCUT2D eigenvalue weighted by Crippen LogP contribution is -2.13. The number of aromatic nitrogens is 2. The lowest BCUT2D eigenvalue weighted by Gasteiger charge is -2.05. The van der Waals surface area contributed by atoms with Crippen molar-refractivity contribution in [2.45, 2.75) is 6.54 Å². The lowest BCUT2D eigenvalue weighted by molar-refractivity contribution is 0.0996. The zero-order chi connectivity index (χ0) is 17.1. The Bertz CT molecular complexity index is 897. The molecule has 24 heavy (non-hydrogen) atoms. The molecule has 3 rings (SSSR count). The van der Waals surface area contributed by atoms with Gasteiger partial charge in [0.15, 0.2) is 0 Å². The summed E-state index contributed by atoms with van der Waals surface area (Å²) in [5.74, 6) is -0.771. The second-order valence-corrected chi connectivity index (χ2v) is 5.37. The first-order valence-corrected chi connectivity index (χ1v) is 7.32. The van der Waals surface area contributed by atoms with Crippen molar-refractivity contribution in [3.8, 4) is 11.4 Å². The maximum atomic E-state index is 13.4. The van der Waals surface area contributed by atoms with Crippen LogP contribution in [0, 0.1) is 5.82 Å². The molecule has 8 heteroatoms. The van der Waals surface area contributed by atoms with Crippen LogP contribution >= 0.6 is 11.6 Å². The second-order valence-electron chi connectivity index (χ2n) is 4.93. The van der Waals surface area contributed by atoms with Gasteiger partial charge in [0.2, 0.25) is 11.7 Å². The van der Waals surface area contributed by atoms with Gasteiger partial charge in [-0.3, -0.25) is 4.79 Å². The number of carbonyl (C=O) groups excluding carboxylic acids is 1. The first-order valence-electron chi connectivity index (χ1n) is 6.94. The number of carbonyl (C=O) groups is 1. The molecule has 0 aliphatic rings. The molecule has 0 radical (unpaired) electrons. The Morgan fingerprint density at radius 3 is 2.88 bits per heavy atom. The van der Waals surface area contributed by atoms with Gasteiger partial charge in [0.25, 0.3) is 5.91 Å². The molecule has 0 unspecified atom stereocenters. The fraction of sp³-hybridized carbons (Fsp3) is 0.0625. The van der Waals surface area contributed by atoms with E-state index in [0.717, 1.165) is 11.6 Å². The molecule has 122 valence electrons. The minimum atomic E-state index is -0.836. The highest BCUT2D eigenvalue weighted by Gasteiger charge is 2.11. The van der Waals surface area contributed by atoms with Crippen LogP contribution < -0.4 is 11.1 Å². The number of rotatable bonds is 5. The summed E-state index contributed by atoms with van der Waals surface area (Å²) in [7, 11) is 0. The predicted octanol–water partition coefficient (Wildman–Crippen LogP) is 3.24. The highest BCUT2D eigenvalue weighted by atomic mass is 35.5. The molecular formula is C16H12ClFN4O2. The maximum absolute atomic E-state index is 13.4. The molecule has 0 saturated heterocycles. The largest absolute Gasteiger partial charge is 0.376 e. The van der Waals surface area contributed by atoms with Gasteiger partial charge in [0.05, 0.1) is 12.1 Å². The fourth-order valence-corrected chi connectivity index (χ4v) is 2.26. The van der Waals surface area contributed by atoms with Crippen LogP contribution in [0.1, 0.15) is 16.2 Å². The van der Waals surface area contributed by atoms with Gasteiger partial charge in [-0.1, -0.05) is 28.9 Å². The number of primary amides is 1. The Hall–Kier alpha value is -2.93. The normalized spacial score (nSPS) is 10.6. The minimum Gasteiger partial charge on any atom is -0.376 e. The molecular weight excluding hydrogens is 335 g/mol. The molecule has 3 aromatic rings. The molecule has 2 aromatic carbocycles. The SMILES string of the molecule is NC(=O)c1cc(NCc2nc(-c3cccc(Cl)c3)no2)ccc1F. The van der Waals surface area contributed by atoms with E-state index in [9.17, 15) is 9.18 Å². The molecule has 0 bridgehead atoms. The fourth-order valence-electron chi connectivity index (χ4n) is 2.07. The van der Waals surface area contributed by atoms with Gasteiger partial charge in [-0.15, -0.1) is 0 Å². The average Bonchev–Trinajstić information content (AvgIpc) is 3.03. The number of nitrogens with two attached hydrogens (primary N) is 1. The minimum absolute atomic E-state index is 0.190. The first-order chi connectivity index (χ1) is 11.5. The summed E-state index contributed by atoms with van der Waals surface area (Å²) in [6.45, 7) is 0.206. The zero-order valence-corrected chi connectivity index (χ0v) is 13.0. The van der Waals surface area contributed by atoms with Gasteiger partial charge in [-0.25, -0.2) is 4.39 Å². The molecule has 0 saturated carbocycles. The summed E-state index contributed by atoms with van der Waals surface area (Å²) >= 11 is 5.93. The van der Waals surface area contributed by atoms with E-state index in [0.29, 0.717) is 22.4 Å². The van der Waals surface area contributed by atoms with Crippen LogP contribution in [0.15, 0.2) is 47.0 Å². The van der Waals surface area contributed by atoms with Crippen LogP contribution in [0.2, 0.25) is 5.02 Å². The number of hydrogen-bond acceptors (Lipinski definition) is 5. The number of nitrogens with one attached hydrogen (secondary N) is 1. The summed E-state index contributed by atoms with van der Waals surface area (Å²) < 4.78 is 18.6. The molecule has 1 heterocycles. The Labute approximate surface area is 141 Å². The van der Waals surface area contributed by atoms with Crippen LogP contribution in [-0.2, 0) is 6.54 Å². The molecule has 1 amide bonds. The Kier molecular flexibility index (Phi) is 4.43. The van der Waals surface area contributed by atoms with E-state index < -0.39 is 11.7 Å². The van der Waals surface area contributed by atoms with Crippen molar-refractivity contribution in [3.05, 3.63) is 64.8 Å². The summed E-state index contributed by atoms with van der Waals surface area (Å²) in [6, 6.07) is 11.0. The zero-order valence-electron chi connectivity index (χ0n) is 12.3. The third-order valence-corrected chi connectivity index (χ3v) is 3.46. The van der Waals surface area contributed by atoms with E-state index in [1.165, 1.54) is 12.1 Å². The van der Waals surface area contributed by atoms with Crippen molar-refractivity contribution in [2.75, 3.05) is 5.32 Å². The van der Waals surface area contributed by atoms with E-state index in [1.54, 1.807) is 18.2 Å². The first kappa shape index (κ1) is 15.9. The van der Waals surface area contributed by atoms with Crippen LogP contribution in [0.5, 0.6) is 0 Å². The second kappa shape index (κ2) is 6.67. The van der Waals surface area contributed by atoms with Crippen molar-refractivity contribution in [1.82, 2.24) is 10.1 Å². The number of nitrogens with zero attached hydrogens (tertiary/aromatic N) is 2. The van der Waals surface area contributed by atoms with Crippen molar-refractivity contribution < 1.29 is 13.7 Å². The van der Waals surface area contributed by atoms with Crippen molar-refractivity contribution >= 4 is 23.2 Å². The van der Waals surface area contributed by atoms with E-state index in [2.05, 4.69) is 15.5 Å². The summed E-state index contributed by atoms with van der Waals surface area (Å²) in [5, 5.41) is 7.42. The van der Waals surface area contributed by atoms with Gasteiger partial charge in [0.1, 0.15) is 5.82 Å².